The first-order chi connectivity index (χ1) is 8.59. The molecule has 20 heavy (non-hydrogen) atoms. The van der Waals surface area contributed by atoms with Gasteiger partial charge in [-0.25, -0.2) is 0 Å². The van der Waals surface area contributed by atoms with Crippen molar-refractivity contribution >= 4 is 17.3 Å². The van der Waals surface area contributed by atoms with Gasteiger partial charge in [-0.15, -0.1) is 10.2 Å². The van der Waals surface area contributed by atoms with Gasteiger partial charge in [0.1, 0.15) is 5.69 Å². The Morgan fingerprint density at radius 3 is 2.50 bits per heavy atom. The molecule has 108 valence electrons. The Kier molecular flexibility index (Phi) is 6.54. The summed E-state index contributed by atoms with van der Waals surface area (Å²) >= 11 is 0. The predicted molar refractivity (Wildman–Crippen MR) is 61.3 cm³/mol. The van der Waals surface area contributed by atoms with Crippen molar-refractivity contribution in [2.75, 3.05) is 0 Å². The van der Waals surface area contributed by atoms with Gasteiger partial charge in [-0.1, -0.05) is 18.2 Å². The first-order valence-corrected chi connectivity index (χ1v) is 5.03. The third-order valence-corrected chi connectivity index (χ3v) is 2.26. The molecule has 1 heterocycles. The van der Waals surface area contributed by atoms with Crippen molar-refractivity contribution in [1.29, 1.82) is 0 Å². The number of aromatic nitrogens is 2. The SMILES string of the molecule is Cc1[nH]nc([O-])c1N=Nc1ccccc1C(=O)[O-].O.[Ni+2]. The number of nitrogens with one attached hydrogen (secondary N) is 1. The molecule has 0 saturated heterocycles. The van der Waals surface area contributed by atoms with Crippen LogP contribution in [0.1, 0.15) is 16.1 Å². The number of aromatic amines is 1. The molecule has 1 aromatic heterocycles. The Labute approximate surface area is 123 Å². The average Bonchev–Trinajstić information content (AvgIpc) is 2.67. The summed E-state index contributed by atoms with van der Waals surface area (Å²) in [5.41, 5.74) is 0.560. The number of carboxylic acid groups (broad SMARTS) is 1. The van der Waals surface area contributed by atoms with Gasteiger partial charge < -0.3 is 20.5 Å². The quantitative estimate of drug-likeness (QED) is 0.612. The van der Waals surface area contributed by atoms with Crippen molar-refractivity contribution in [3.05, 3.63) is 35.5 Å². The van der Waals surface area contributed by atoms with Crippen LogP contribution in [0.15, 0.2) is 34.5 Å². The van der Waals surface area contributed by atoms with Crippen LogP contribution in [0.2, 0.25) is 0 Å². The van der Waals surface area contributed by atoms with Crippen molar-refractivity contribution in [2.24, 2.45) is 10.2 Å². The molecule has 8 nitrogen and oxygen atoms in total. The molecule has 3 N–H and O–H groups in total. The molecule has 1 aromatic carbocycles. The Morgan fingerprint density at radius 1 is 1.30 bits per heavy atom. The largest absolute Gasteiger partial charge is 2.00 e. The summed E-state index contributed by atoms with van der Waals surface area (Å²) < 4.78 is 0. The minimum Gasteiger partial charge on any atom is -0.856 e. The van der Waals surface area contributed by atoms with Crippen molar-refractivity contribution in [3.63, 3.8) is 0 Å². The van der Waals surface area contributed by atoms with Crippen molar-refractivity contribution < 1.29 is 37.0 Å². The maximum atomic E-state index is 11.3. The monoisotopic (exact) mass is 320 g/mol. The van der Waals surface area contributed by atoms with E-state index in [1.807, 2.05) is 0 Å². The van der Waals surface area contributed by atoms with Crippen molar-refractivity contribution in [2.45, 2.75) is 6.92 Å². The second-order valence-electron chi connectivity index (χ2n) is 3.51. The van der Waals surface area contributed by atoms with E-state index in [0.717, 1.165) is 0 Å². The van der Waals surface area contributed by atoms with Gasteiger partial charge in [0.25, 0.3) is 0 Å². The number of carbonyl (C=O) groups is 1. The summed E-state index contributed by atoms with van der Waals surface area (Å²) in [5.74, 6) is -1.89. The molecular weight excluding hydrogens is 311 g/mol. The number of H-pyrrole nitrogens is 1. The van der Waals surface area contributed by atoms with E-state index >= 15 is 0 Å². The zero-order valence-corrected chi connectivity index (χ0v) is 11.2. The average molecular weight is 321 g/mol. The van der Waals surface area contributed by atoms with Gasteiger partial charge >= 0.3 is 16.5 Å². The van der Waals surface area contributed by atoms with Gasteiger partial charge in [-0.2, -0.15) is 5.10 Å². The number of aryl methyl sites for hydroxylation is 1. The zero-order valence-electron chi connectivity index (χ0n) is 10.2. The number of benzene rings is 1. The number of rotatable bonds is 3. The van der Waals surface area contributed by atoms with E-state index in [-0.39, 0.29) is 38.9 Å². The molecule has 2 rings (SSSR count). The van der Waals surface area contributed by atoms with E-state index in [2.05, 4.69) is 20.4 Å². The fourth-order valence-corrected chi connectivity index (χ4v) is 1.36. The van der Waals surface area contributed by atoms with Crippen LogP contribution in [-0.4, -0.2) is 21.6 Å². The van der Waals surface area contributed by atoms with Gasteiger partial charge in [0.2, 0.25) is 0 Å². The molecule has 0 fully saturated rings. The minimum absolute atomic E-state index is 0. The molecule has 0 radical (unpaired) electrons. The first kappa shape index (κ1) is 17.8. The molecule has 2 aromatic rings. The Balaban J connectivity index is 0.00000180. The smallest absolute Gasteiger partial charge is 0.856 e. The zero-order chi connectivity index (χ0) is 13.1. The van der Waals surface area contributed by atoms with E-state index in [0.29, 0.717) is 5.69 Å². The van der Waals surface area contributed by atoms with Crippen LogP contribution >= 0.6 is 0 Å². The van der Waals surface area contributed by atoms with Crippen molar-refractivity contribution in [3.8, 4) is 5.88 Å². The Morgan fingerprint density at radius 2 is 1.95 bits per heavy atom. The van der Waals surface area contributed by atoms with E-state index in [4.69, 9.17) is 0 Å². The first-order valence-electron chi connectivity index (χ1n) is 5.03. The molecular formula is C11H10N4NiO4. The topological polar surface area (TPSA) is 148 Å². The van der Waals surface area contributed by atoms with E-state index in [9.17, 15) is 15.0 Å². The third-order valence-electron chi connectivity index (χ3n) is 2.26. The van der Waals surface area contributed by atoms with E-state index in [1.54, 1.807) is 19.1 Å². The van der Waals surface area contributed by atoms with Gasteiger partial charge in [0.15, 0.2) is 0 Å². The maximum absolute atomic E-state index is 11.3. The van der Waals surface area contributed by atoms with Crippen LogP contribution in [0.25, 0.3) is 0 Å². The third kappa shape index (κ3) is 3.63. The summed E-state index contributed by atoms with van der Waals surface area (Å²) in [6, 6.07) is 5.98. The Hall–Kier alpha value is -2.25. The van der Waals surface area contributed by atoms with Gasteiger partial charge in [0, 0.05) is 11.4 Å². The summed E-state index contributed by atoms with van der Waals surface area (Å²) in [6.07, 6.45) is 0. The molecule has 0 atom stereocenters. The van der Waals surface area contributed by atoms with Crippen LogP contribution < -0.4 is 10.2 Å². The van der Waals surface area contributed by atoms with Gasteiger partial charge in [0.05, 0.1) is 17.4 Å². The molecule has 0 bridgehead atoms. The molecule has 0 amide bonds. The Bertz CT molecular complexity index is 607. The second-order valence-corrected chi connectivity index (χ2v) is 3.51. The predicted octanol–water partition coefficient (Wildman–Crippen LogP) is -0.257. The van der Waals surface area contributed by atoms with Crippen LogP contribution in [0, 0.1) is 6.92 Å². The van der Waals surface area contributed by atoms with Crippen LogP contribution in [0.3, 0.4) is 0 Å². The molecule has 0 spiro atoms. The van der Waals surface area contributed by atoms with Gasteiger partial charge in [-0.3, -0.25) is 5.10 Å². The summed E-state index contributed by atoms with van der Waals surface area (Å²) in [4.78, 5) is 10.8. The van der Waals surface area contributed by atoms with Crippen LogP contribution in [0.4, 0.5) is 11.4 Å². The fraction of sp³-hybridized carbons (Fsp3) is 0.0909. The molecule has 0 saturated carbocycles. The molecule has 0 aliphatic carbocycles. The maximum Gasteiger partial charge on any atom is 2.00 e. The number of azo groups is 1. The second kappa shape index (κ2) is 7.37. The fourth-order valence-electron chi connectivity index (χ4n) is 1.36. The van der Waals surface area contributed by atoms with Crippen LogP contribution in [-0.2, 0) is 16.5 Å². The summed E-state index contributed by atoms with van der Waals surface area (Å²) in [7, 11) is 0. The summed E-state index contributed by atoms with van der Waals surface area (Å²) in [5, 5.41) is 35.4. The normalized spacial score (nSPS) is 9.85. The molecule has 0 aliphatic heterocycles. The number of hydrogen-bond donors (Lipinski definition) is 1. The number of nitrogens with zero attached hydrogens (tertiary/aromatic N) is 3. The van der Waals surface area contributed by atoms with E-state index < -0.39 is 11.8 Å². The number of hydrogen-bond acceptors (Lipinski definition) is 6. The standard InChI is InChI=1S/C11H10N4O3.Ni.H2O/c1-6-9(10(16)15-12-6)14-13-8-5-3-2-4-7(8)11(17)18;;/h2-5H,1H3,(H,17,18)(H2,12,15,16);;1H2/q;+2;/p-2. The molecule has 0 unspecified atom stereocenters. The molecule has 0 aliphatic rings. The summed E-state index contributed by atoms with van der Waals surface area (Å²) in [6.45, 7) is 1.62. The minimum atomic E-state index is -1.35. The van der Waals surface area contributed by atoms with Gasteiger partial charge in [-0.05, 0) is 13.0 Å². The van der Waals surface area contributed by atoms with Crippen molar-refractivity contribution in [1.82, 2.24) is 10.2 Å². The van der Waals surface area contributed by atoms with E-state index in [1.165, 1.54) is 12.1 Å². The number of aromatic carboxylic acids is 1. The number of carbonyl (C=O) groups excluding carboxylic acids is 1. The molecule has 9 heteroatoms. The number of carboxylic acids is 1. The van der Waals surface area contributed by atoms with Crippen LogP contribution in [0.5, 0.6) is 5.88 Å².